The third-order valence-corrected chi connectivity index (χ3v) is 12.4. The van der Waals surface area contributed by atoms with Crippen LogP contribution in [0.2, 0.25) is 0 Å². The summed E-state index contributed by atoms with van der Waals surface area (Å²) in [6.07, 6.45) is 14.8. The number of fused-ring (bicyclic) bond motifs is 6. The molecule has 9 nitrogen and oxygen atoms in total. The van der Waals surface area contributed by atoms with E-state index in [1.165, 1.54) is 10.9 Å². The molecule has 0 saturated carbocycles. The van der Waals surface area contributed by atoms with Gasteiger partial charge >= 0.3 is 0 Å². The van der Waals surface area contributed by atoms with Gasteiger partial charge in [-0.05, 0) is 81.3 Å². The van der Waals surface area contributed by atoms with Crippen molar-refractivity contribution in [1.82, 2.24) is 4.65 Å². The van der Waals surface area contributed by atoms with Gasteiger partial charge in [0.05, 0.1) is 33.2 Å². The lowest BCUT2D eigenvalue weighted by molar-refractivity contribution is -0.438. The molecule has 0 radical (unpaired) electrons. The van der Waals surface area contributed by atoms with Crippen LogP contribution in [0.25, 0.3) is 21.5 Å². The summed E-state index contributed by atoms with van der Waals surface area (Å²) in [7, 11) is -8.41. The van der Waals surface area contributed by atoms with E-state index >= 15 is 5.21 Å². The lowest BCUT2D eigenvalue weighted by atomic mass is 9.79. The van der Waals surface area contributed by atoms with Gasteiger partial charge in [0.25, 0.3) is 10.1 Å². The Bertz CT molecular complexity index is 2480. The van der Waals surface area contributed by atoms with Crippen LogP contribution in [0.3, 0.4) is 0 Å². The highest BCUT2D eigenvalue weighted by Gasteiger charge is 2.50. The van der Waals surface area contributed by atoms with Gasteiger partial charge in [-0.2, -0.15) is 13.0 Å². The predicted octanol–water partition coefficient (Wildman–Crippen LogP) is 8.71. The number of rotatable bonds is 14. The third kappa shape index (κ3) is 7.93. The fourth-order valence-corrected chi connectivity index (χ4v) is 9.48. The Hall–Kier alpha value is -4.23. The Kier molecular flexibility index (Phi) is 11.1. The van der Waals surface area contributed by atoms with Crippen LogP contribution in [0, 0.1) is 5.21 Å². The number of quaternary nitrogens is 1. The second kappa shape index (κ2) is 15.1. The van der Waals surface area contributed by atoms with Crippen molar-refractivity contribution in [3.63, 3.8) is 0 Å². The van der Waals surface area contributed by atoms with Crippen LogP contribution in [-0.2, 0) is 31.1 Å². The second-order valence-electron chi connectivity index (χ2n) is 15.3. The summed E-state index contributed by atoms with van der Waals surface area (Å²) in [5.74, 6) is -0.774. The van der Waals surface area contributed by atoms with E-state index < -0.39 is 36.1 Å². The van der Waals surface area contributed by atoms with Crippen LogP contribution >= 0.6 is 0 Å². The molecule has 1 N–H and O–H groups in total. The molecule has 1 atom stereocenters. The van der Waals surface area contributed by atoms with Gasteiger partial charge in [-0.1, -0.05) is 85.0 Å². The highest BCUT2D eigenvalue weighted by atomic mass is 32.2. The van der Waals surface area contributed by atoms with E-state index in [1.54, 1.807) is 0 Å². The average Bonchev–Trinajstić information content (AvgIpc) is 3.43. The van der Waals surface area contributed by atoms with Crippen molar-refractivity contribution in [1.29, 1.82) is 0 Å². The summed E-state index contributed by atoms with van der Waals surface area (Å²) < 4.78 is 67.4. The van der Waals surface area contributed by atoms with Crippen LogP contribution in [0.4, 0.5) is 11.4 Å². The number of hydroxylamine groups is 2. The molecule has 0 bridgehead atoms. The molecule has 0 aromatic heterocycles. The molecule has 6 rings (SSSR count). The second-order valence-corrected chi connectivity index (χ2v) is 18.4. The minimum atomic E-state index is -4.28. The zero-order valence-corrected chi connectivity index (χ0v) is 32.9. The van der Waals surface area contributed by atoms with Crippen LogP contribution < -0.4 is 4.65 Å². The van der Waals surface area contributed by atoms with Gasteiger partial charge < -0.3 is 9.76 Å². The van der Waals surface area contributed by atoms with Crippen LogP contribution in [0.5, 0.6) is 0 Å². The van der Waals surface area contributed by atoms with Gasteiger partial charge in [0.15, 0.2) is 5.71 Å². The fourth-order valence-electron chi connectivity index (χ4n) is 8.35. The molecule has 11 heteroatoms. The molecule has 2 aliphatic rings. The SMILES string of the molecule is CC1(C)C(/C=C/C=C/C=C/C=C2/C(C)(C)c3ccc4ccccc4c3[N+]2([O-])CCCCS(=O)(=O)O)=[N+](CCCCS(=O)(=O)[O-])c2ccc3ccccc3c21. The normalized spacial score (nSPS) is 20.4. The van der Waals surface area contributed by atoms with E-state index in [4.69, 9.17) is 0 Å². The van der Waals surface area contributed by atoms with E-state index in [2.05, 4.69) is 48.8 Å². The minimum Gasteiger partial charge on any atom is -0.748 e. The quantitative estimate of drug-likeness (QED) is 0.0338. The maximum absolute atomic E-state index is 15.1. The van der Waals surface area contributed by atoms with Gasteiger partial charge in [0.2, 0.25) is 5.69 Å². The van der Waals surface area contributed by atoms with Gasteiger partial charge in [0.1, 0.15) is 17.9 Å². The topological polar surface area (TPSA) is 138 Å². The Morgan fingerprint density at radius 1 is 0.722 bits per heavy atom. The summed E-state index contributed by atoms with van der Waals surface area (Å²) in [5.41, 5.74) is 4.66. The highest BCUT2D eigenvalue weighted by molar-refractivity contribution is 7.85. The molecule has 4 aromatic carbocycles. The maximum atomic E-state index is 15.1. The molecular weight excluding hydrogens is 721 g/mol. The lowest BCUT2D eigenvalue weighted by Crippen LogP contribution is -2.43. The average molecular weight is 769 g/mol. The van der Waals surface area contributed by atoms with Gasteiger partial charge in [-0.25, -0.2) is 8.42 Å². The number of nitrogens with zero attached hydrogens (tertiary/aromatic N) is 2. The number of hydrogen-bond donors (Lipinski definition) is 1. The van der Waals surface area contributed by atoms with E-state index in [-0.39, 0.29) is 30.6 Å². The third-order valence-electron chi connectivity index (χ3n) is 10.8. The van der Waals surface area contributed by atoms with E-state index in [0.29, 0.717) is 30.8 Å². The number of unbranched alkanes of at least 4 members (excludes halogenated alkanes) is 2. The largest absolute Gasteiger partial charge is 0.748 e. The summed E-state index contributed by atoms with van der Waals surface area (Å²) in [6, 6.07) is 24.4. The maximum Gasteiger partial charge on any atom is 0.264 e. The first-order chi connectivity index (χ1) is 25.5. The van der Waals surface area contributed by atoms with Crippen molar-refractivity contribution in [3.05, 3.63) is 137 Å². The number of hydrogen-bond acceptors (Lipinski definition) is 6. The molecule has 1 unspecified atom stereocenters. The smallest absolute Gasteiger partial charge is 0.264 e. The van der Waals surface area contributed by atoms with Crippen molar-refractivity contribution < 1.29 is 30.5 Å². The molecule has 54 heavy (non-hydrogen) atoms. The molecule has 4 aromatic rings. The van der Waals surface area contributed by atoms with Crippen molar-refractivity contribution in [2.75, 3.05) is 24.6 Å². The predicted molar refractivity (Wildman–Crippen MR) is 219 cm³/mol. The summed E-state index contributed by atoms with van der Waals surface area (Å²) in [5, 5.41) is 19.2. The first-order valence-electron chi connectivity index (χ1n) is 18.4. The molecule has 0 spiro atoms. The standard InChI is InChI=1S/C43H48N2O7S2/c1-42(2)36-26-24-33-19-11-13-21-35(33)41(36)45(46,29-15-17-31-54(50,51)52)39(42)23-9-7-5-6-8-22-38-43(3,4)40-34-20-12-10-18-32(34)25-27-37(40)44(38)28-14-16-30-53(47,48)49/h5-13,18-27H,14-17,28-31H2,1-4H3,(H-,47,48,49,50,51,52)/b6-5+,9-7+,22-8+,39-23-. The van der Waals surface area contributed by atoms with Crippen molar-refractivity contribution in [2.24, 2.45) is 0 Å². The van der Waals surface area contributed by atoms with Gasteiger partial charge in [-0.3, -0.25) is 9.20 Å². The Balaban J connectivity index is 1.28. The molecular formula is C43H48N2O7S2. The van der Waals surface area contributed by atoms with Gasteiger partial charge in [-0.15, -0.1) is 0 Å². The summed E-state index contributed by atoms with van der Waals surface area (Å²) in [6.45, 7) is 9.17. The highest BCUT2D eigenvalue weighted by Crippen LogP contribution is 2.55. The molecule has 284 valence electrons. The van der Waals surface area contributed by atoms with E-state index in [1.807, 2.05) is 98.8 Å². The van der Waals surface area contributed by atoms with E-state index in [9.17, 15) is 25.9 Å². The lowest BCUT2D eigenvalue weighted by Gasteiger charge is -2.42. The van der Waals surface area contributed by atoms with Crippen molar-refractivity contribution >= 4 is 58.9 Å². The van der Waals surface area contributed by atoms with Crippen LogP contribution in [0.1, 0.15) is 64.5 Å². The number of allylic oxidation sites excluding steroid dienone is 8. The fraction of sp³-hybridized carbons (Fsp3) is 0.326. The summed E-state index contributed by atoms with van der Waals surface area (Å²) >= 11 is 0. The zero-order chi connectivity index (χ0) is 38.9. The Morgan fingerprint density at radius 2 is 1.33 bits per heavy atom. The first kappa shape index (κ1) is 39.5. The minimum absolute atomic E-state index is 0.132. The van der Waals surface area contributed by atoms with E-state index in [0.717, 1.165) is 33.1 Å². The first-order valence-corrected chi connectivity index (χ1v) is 21.5. The zero-order valence-electron chi connectivity index (χ0n) is 31.2. The van der Waals surface area contributed by atoms with Crippen molar-refractivity contribution in [2.45, 2.75) is 64.2 Å². The van der Waals surface area contributed by atoms with Crippen LogP contribution in [0.15, 0.2) is 121 Å². The Morgan fingerprint density at radius 3 is 2.04 bits per heavy atom. The molecule has 2 aliphatic heterocycles. The molecule has 0 saturated heterocycles. The van der Waals surface area contributed by atoms with Gasteiger partial charge in [0, 0.05) is 40.8 Å². The molecule has 0 amide bonds. The number of benzene rings is 4. The van der Waals surface area contributed by atoms with Crippen LogP contribution in [-0.4, -0.2) is 60.8 Å². The van der Waals surface area contributed by atoms with Crippen molar-refractivity contribution in [3.8, 4) is 0 Å². The molecule has 0 aliphatic carbocycles. The summed E-state index contributed by atoms with van der Waals surface area (Å²) in [4.78, 5) is 0. The Labute approximate surface area is 319 Å². The monoisotopic (exact) mass is 768 g/mol. The molecule has 0 fully saturated rings. The molecule has 2 heterocycles.